The monoisotopic (exact) mass is 507 g/mol. The zero-order chi connectivity index (χ0) is 26.0. The highest BCUT2D eigenvalue weighted by Gasteiger charge is 2.41. The Morgan fingerprint density at radius 3 is 2.89 bits per heavy atom. The van der Waals surface area contributed by atoms with Gasteiger partial charge in [0, 0.05) is 45.2 Å². The zero-order valence-electron chi connectivity index (χ0n) is 21.2. The number of carbonyl (C=O) groups excluding carboxylic acids is 2. The highest BCUT2D eigenvalue weighted by molar-refractivity contribution is 5.83. The molecule has 200 valence electrons. The standard InChI is InChI=1S/C25H39F2N7O2/c1-3-25(2)7-6-15(26)11-31-18(10-25)21(23(28)29)24(36)32-19-13-30-12-17(27)22(19)33-8-9-34-16(14-33)4-5-20(34)35/h6,11,16-18,21,23,30H,3-5,7-10,12-14,28-29H2,1-2H3,(H,32,36)/b15-6+,31-11?. The highest BCUT2D eigenvalue weighted by Crippen LogP contribution is 2.37. The molecule has 0 saturated carbocycles. The molecule has 5 atom stereocenters. The van der Waals surface area contributed by atoms with E-state index < -0.39 is 36.0 Å². The van der Waals surface area contributed by atoms with Gasteiger partial charge in [-0.2, -0.15) is 0 Å². The number of aliphatic imine (C=N–C) groups is 1. The van der Waals surface area contributed by atoms with Crippen LogP contribution in [0.2, 0.25) is 0 Å². The maximum absolute atomic E-state index is 15.2. The van der Waals surface area contributed by atoms with Gasteiger partial charge in [-0.15, -0.1) is 0 Å². The van der Waals surface area contributed by atoms with E-state index in [2.05, 4.69) is 15.6 Å². The summed E-state index contributed by atoms with van der Waals surface area (Å²) < 4.78 is 29.4. The molecule has 0 aliphatic carbocycles. The minimum Gasteiger partial charge on any atom is -0.367 e. The van der Waals surface area contributed by atoms with E-state index in [4.69, 9.17) is 11.5 Å². The molecule has 36 heavy (non-hydrogen) atoms. The Bertz CT molecular complexity index is 953. The van der Waals surface area contributed by atoms with Crippen molar-refractivity contribution in [2.75, 3.05) is 32.7 Å². The Balaban J connectivity index is 1.58. The molecule has 6 N–H and O–H groups in total. The molecule has 4 aliphatic rings. The summed E-state index contributed by atoms with van der Waals surface area (Å²) in [6.07, 6.45) is 3.40. The molecular weight excluding hydrogens is 468 g/mol. The van der Waals surface area contributed by atoms with Crippen LogP contribution in [-0.2, 0) is 9.59 Å². The molecule has 4 aliphatic heterocycles. The molecule has 4 heterocycles. The molecule has 2 saturated heterocycles. The van der Waals surface area contributed by atoms with Crippen molar-refractivity contribution < 1.29 is 18.4 Å². The van der Waals surface area contributed by atoms with E-state index in [9.17, 15) is 14.0 Å². The van der Waals surface area contributed by atoms with Gasteiger partial charge in [-0.25, -0.2) is 8.78 Å². The molecule has 0 aromatic heterocycles. The summed E-state index contributed by atoms with van der Waals surface area (Å²) in [4.78, 5) is 33.9. The molecule has 9 nitrogen and oxygen atoms in total. The lowest BCUT2D eigenvalue weighted by Crippen LogP contribution is -2.56. The lowest BCUT2D eigenvalue weighted by molar-refractivity contribution is -0.130. The van der Waals surface area contributed by atoms with Gasteiger partial charge in [-0.3, -0.25) is 14.6 Å². The van der Waals surface area contributed by atoms with Crippen molar-refractivity contribution in [1.29, 1.82) is 0 Å². The molecule has 0 radical (unpaired) electrons. The third-order valence-electron chi connectivity index (χ3n) is 8.21. The first-order valence-corrected chi connectivity index (χ1v) is 12.9. The van der Waals surface area contributed by atoms with Gasteiger partial charge < -0.3 is 31.9 Å². The van der Waals surface area contributed by atoms with Crippen LogP contribution in [0.15, 0.2) is 28.3 Å². The molecule has 0 aromatic carbocycles. The van der Waals surface area contributed by atoms with Gasteiger partial charge in [0.05, 0.1) is 35.7 Å². The van der Waals surface area contributed by atoms with Crippen LogP contribution in [0, 0.1) is 11.3 Å². The van der Waals surface area contributed by atoms with Gasteiger partial charge >= 0.3 is 0 Å². The van der Waals surface area contributed by atoms with Crippen molar-refractivity contribution in [3.05, 3.63) is 23.3 Å². The number of nitrogens with one attached hydrogen (secondary N) is 2. The average Bonchev–Trinajstić information content (AvgIpc) is 3.20. The topological polar surface area (TPSA) is 129 Å². The minimum atomic E-state index is -1.30. The van der Waals surface area contributed by atoms with E-state index in [1.165, 1.54) is 6.08 Å². The van der Waals surface area contributed by atoms with Crippen molar-refractivity contribution >= 4 is 18.0 Å². The van der Waals surface area contributed by atoms with Gasteiger partial charge in [0.25, 0.3) is 0 Å². The fourth-order valence-corrected chi connectivity index (χ4v) is 5.83. The van der Waals surface area contributed by atoms with Gasteiger partial charge in [-0.1, -0.05) is 20.3 Å². The second-order valence-corrected chi connectivity index (χ2v) is 10.8. The highest BCUT2D eigenvalue weighted by atomic mass is 19.1. The van der Waals surface area contributed by atoms with E-state index in [0.717, 1.165) is 19.1 Å². The van der Waals surface area contributed by atoms with Crippen molar-refractivity contribution in [2.24, 2.45) is 27.8 Å². The maximum Gasteiger partial charge on any atom is 0.232 e. The van der Waals surface area contributed by atoms with Crippen LogP contribution in [0.1, 0.15) is 46.0 Å². The van der Waals surface area contributed by atoms with Crippen molar-refractivity contribution in [3.63, 3.8) is 0 Å². The van der Waals surface area contributed by atoms with E-state index >= 15 is 4.39 Å². The van der Waals surface area contributed by atoms with Gasteiger partial charge in [-0.05, 0) is 30.8 Å². The molecule has 5 unspecified atom stereocenters. The lowest BCUT2D eigenvalue weighted by Gasteiger charge is -2.42. The fraction of sp³-hybridized carbons (Fsp3) is 0.720. The number of allylic oxidation sites excluding steroid dienone is 2. The summed E-state index contributed by atoms with van der Waals surface area (Å²) in [5, 5.41) is 5.93. The van der Waals surface area contributed by atoms with Crippen LogP contribution in [0.4, 0.5) is 8.78 Å². The van der Waals surface area contributed by atoms with Crippen LogP contribution in [0.3, 0.4) is 0 Å². The number of amides is 2. The Morgan fingerprint density at radius 1 is 1.39 bits per heavy atom. The van der Waals surface area contributed by atoms with E-state index in [1.807, 2.05) is 23.6 Å². The second-order valence-electron chi connectivity index (χ2n) is 10.8. The third-order valence-corrected chi connectivity index (χ3v) is 8.21. The van der Waals surface area contributed by atoms with E-state index in [-0.39, 0.29) is 30.5 Å². The smallest absolute Gasteiger partial charge is 0.232 e. The Morgan fingerprint density at radius 2 is 2.17 bits per heavy atom. The fourth-order valence-electron chi connectivity index (χ4n) is 5.83. The average molecular weight is 508 g/mol. The van der Waals surface area contributed by atoms with Crippen molar-refractivity contribution in [2.45, 2.75) is 70.4 Å². The summed E-state index contributed by atoms with van der Waals surface area (Å²) >= 11 is 0. The van der Waals surface area contributed by atoms with Gasteiger partial charge in [0.2, 0.25) is 11.8 Å². The van der Waals surface area contributed by atoms with Gasteiger partial charge in [0.15, 0.2) is 6.17 Å². The van der Waals surface area contributed by atoms with Gasteiger partial charge in [0.1, 0.15) is 5.83 Å². The molecular formula is C25H39F2N7O2. The number of nitrogens with zero attached hydrogens (tertiary/aromatic N) is 3. The number of hydrogen-bond acceptors (Lipinski definition) is 7. The van der Waals surface area contributed by atoms with Crippen LogP contribution >= 0.6 is 0 Å². The molecule has 2 amide bonds. The Kier molecular flexibility index (Phi) is 8.11. The number of nitrogens with two attached hydrogens (primary N) is 2. The first kappa shape index (κ1) is 26.7. The molecule has 11 heteroatoms. The number of fused-ring (bicyclic) bond motifs is 1. The van der Waals surface area contributed by atoms with Crippen LogP contribution in [-0.4, -0.2) is 85.0 Å². The number of halogens is 2. The number of hydrogen-bond donors (Lipinski definition) is 4. The molecule has 4 rings (SSSR count). The number of piperazine rings is 1. The summed E-state index contributed by atoms with van der Waals surface area (Å²) in [6, 6.07) is -0.564. The quantitative estimate of drug-likeness (QED) is 0.396. The maximum atomic E-state index is 15.2. The normalized spacial score (nSPS) is 33.7. The Hall–Kier alpha value is -2.37. The van der Waals surface area contributed by atoms with E-state index in [1.54, 1.807) is 0 Å². The minimum absolute atomic E-state index is 0.0573. The predicted molar refractivity (Wildman–Crippen MR) is 134 cm³/mol. The molecule has 2 fully saturated rings. The first-order chi connectivity index (χ1) is 17.1. The summed E-state index contributed by atoms with van der Waals surface area (Å²) in [5.41, 5.74) is 12.8. The second kappa shape index (κ2) is 10.9. The third kappa shape index (κ3) is 5.63. The summed E-state index contributed by atoms with van der Waals surface area (Å²) in [6.45, 7) is 6.07. The lowest BCUT2D eigenvalue weighted by atomic mass is 9.74. The largest absolute Gasteiger partial charge is 0.367 e. The number of rotatable bonds is 6. The Labute approximate surface area is 211 Å². The SMILES string of the molecule is CCC1(C)C/C=C(/F)C=NC(C(C(=O)NC2=C(N3CCN4C(=O)CCC4C3)C(F)CNC2)C(N)N)C1. The molecule has 0 bridgehead atoms. The van der Waals surface area contributed by atoms with Crippen molar-refractivity contribution in [1.82, 2.24) is 20.4 Å². The van der Waals surface area contributed by atoms with Crippen LogP contribution in [0.25, 0.3) is 0 Å². The predicted octanol–water partition coefficient (Wildman–Crippen LogP) is 0.925. The van der Waals surface area contributed by atoms with Crippen LogP contribution < -0.4 is 22.1 Å². The van der Waals surface area contributed by atoms with Crippen molar-refractivity contribution in [3.8, 4) is 0 Å². The molecule has 0 aromatic rings. The molecule has 0 spiro atoms. The first-order valence-electron chi connectivity index (χ1n) is 12.9. The zero-order valence-corrected chi connectivity index (χ0v) is 21.2. The summed E-state index contributed by atoms with van der Waals surface area (Å²) in [7, 11) is 0. The van der Waals surface area contributed by atoms with Crippen LogP contribution in [0.5, 0.6) is 0 Å². The number of carbonyl (C=O) groups is 2. The van der Waals surface area contributed by atoms with E-state index in [0.29, 0.717) is 50.3 Å². The number of alkyl halides is 1. The summed E-state index contributed by atoms with van der Waals surface area (Å²) in [5.74, 6) is -1.67.